The molecule has 0 saturated carbocycles. The number of anilines is 1. The van der Waals surface area contributed by atoms with Crippen LogP contribution in [0.25, 0.3) is 22.5 Å². The summed E-state index contributed by atoms with van der Waals surface area (Å²) in [5.41, 5.74) is 9.27. The number of halogens is 3. The van der Waals surface area contributed by atoms with Crippen molar-refractivity contribution in [3.8, 4) is 17.1 Å². The van der Waals surface area contributed by atoms with Gasteiger partial charge in [-0.3, -0.25) is 52.1 Å². The number of H-pyrrole nitrogens is 1. The molecule has 8 aromatic heterocycles. The summed E-state index contributed by atoms with van der Waals surface area (Å²) in [4.78, 5) is 169. The quantitative estimate of drug-likeness (QED) is 0.0177. The van der Waals surface area contributed by atoms with Crippen molar-refractivity contribution in [2.24, 2.45) is 12.0 Å². The van der Waals surface area contributed by atoms with Gasteiger partial charge in [-0.25, -0.2) is 63.4 Å². The molecule has 42 heteroatoms. The van der Waals surface area contributed by atoms with Crippen LogP contribution in [0.15, 0.2) is 221 Å². The maximum atomic E-state index is 13.4. The van der Waals surface area contributed by atoms with Crippen LogP contribution in [0.1, 0.15) is 215 Å². The molecule has 0 radical (unpaired) electrons. The summed E-state index contributed by atoms with van der Waals surface area (Å²) < 4.78 is 45.2. The number of ether oxygens (including phenoxy) is 1. The minimum atomic E-state index is -0.538. The first-order valence-corrected chi connectivity index (χ1v) is 44.9. The van der Waals surface area contributed by atoms with Crippen molar-refractivity contribution in [2.75, 3.05) is 11.9 Å². The predicted octanol–water partition coefficient (Wildman–Crippen LogP) is 15.3. The van der Waals surface area contributed by atoms with E-state index >= 15 is 0 Å². The Bertz CT molecular complexity index is 6970. The third kappa shape index (κ3) is 27.3. The van der Waals surface area contributed by atoms with Crippen LogP contribution >= 0.6 is 70.0 Å². The summed E-state index contributed by atoms with van der Waals surface area (Å²) in [5.74, 6) is -3.00. The number of carbonyl (C=O) groups excluding carboxylic acids is 9. The van der Waals surface area contributed by atoms with Gasteiger partial charge in [0.25, 0.3) is 53.2 Å². The number of benzene rings is 6. The summed E-state index contributed by atoms with van der Waals surface area (Å²) >= 11 is 16.7. The Morgan fingerprint density at radius 3 is 1.32 bits per heavy atom. The molecule has 10 heterocycles. The van der Waals surface area contributed by atoms with Gasteiger partial charge in [-0.1, -0.05) is 112 Å². The second-order valence-corrected chi connectivity index (χ2v) is 35.4. The summed E-state index contributed by atoms with van der Waals surface area (Å²) in [6.45, 7) is 17.7. The third-order valence-corrected chi connectivity index (χ3v) is 24.3. The fourth-order valence-electron chi connectivity index (χ4n) is 12.9. The van der Waals surface area contributed by atoms with Crippen LogP contribution in [0.5, 0.6) is 5.75 Å². The Balaban J connectivity index is 0.000000173. The molecule has 2 aliphatic rings. The number of hydrogen-bond donors (Lipinski definition) is 11. The highest BCUT2D eigenvalue weighted by atomic mass is 35.5. The number of amides is 9. The number of fused-ring (bicyclic) bond motifs is 2. The van der Waals surface area contributed by atoms with Gasteiger partial charge in [-0.15, -0.1) is 22.7 Å². The second-order valence-electron chi connectivity index (χ2n) is 30.0. The van der Waals surface area contributed by atoms with Gasteiger partial charge >= 0.3 is 5.76 Å². The molecule has 16 rings (SSSR count). The molecule has 0 spiro atoms. The van der Waals surface area contributed by atoms with Gasteiger partial charge in [-0.2, -0.15) is 0 Å². The smallest absolute Gasteiger partial charge is 0.419 e. The molecular weight excluding hydrogens is 1860 g/mol. The molecule has 0 saturated heterocycles. The normalized spacial score (nSPS) is 12.4. The van der Waals surface area contributed by atoms with Crippen LogP contribution in [0.3, 0.4) is 0 Å². The second kappa shape index (κ2) is 47.0. The molecule has 0 aliphatic carbocycles. The number of aryl methyl sites for hydroxylation is 4. The van der Waals surface area contributed by atoms with E-state index in [1.807, 2.05) is 114 Å². The highest BCUT2D eigenvalue weighted by Crippen LogP contribution is 2.31. The first-order valence-electron chi connectivity index (χ1n) is 40.9. The average molecular weight is 1950 g/mol. The highest BCUT2D eigenvalue weighted by Gasteiger charge is 2.25. The van der Waals surface area contributed by atoms with E-state index in [2.05, 4.69) is 113 Å². The Morgan fingerprint density at radius 2 is 0.904 bits per heavy atom. The largest absolute Gasteiger partial charge is 0.482 e. The zero-order chi connectivity index (χ0) is 95.4. The van der Waals surface area contributed by atoms with Crippen molar-refractivity contribution in [1.29, 1.82) is 0 Å². The molecule has 6 aromatic carbocycles. The van der Waals surface area contributed by atoms with E-state index in [9.17, 15) is 56.7 Å². The van der Waals surface area contributed by atoms with E-state index in [4.69, 9.17) is 33.0 Å². The van der Waals surface area contributed by atoms with Crippen molar-refractivity contribution in [3.05, 3.63) is 348 Å². The van der Waals surface area contributed by atoms with E-state index in [-0.39, 0.29) is 146 Å². The van der Waals surface area contributed by atoms with E-state index < -0.39 is 47.0 Å². The van der Waals surface area contributed by atoms with Crippen LogP contribution in [0.4, 0.5) is 14.5 Å². The fraction of sp³-hybridized carbons (Fsp3) is 0.202. The number of oxazole rings is 1. The van der Waals surface area contributed by atoms with Crippen LogP contribution in [-0.4, -0.2) is 119 Å². The number of aromatic amines is 1. The molecular formula is C94H91ClF2N22O12S5. The lowest BCUT2D eigenvalue weighted by molar-refractivity contribution is -0.118. The van der Waals surface area contributed by atoms with Gasteiger partial charge in [0.1, 0.15) is 105 Å². The van der Waals surface area contributed by atoms with Gasteiger partial charge in [-0.05, 0) is 178 Å². The lowest BCUT2D eigenvalue weighted by Crippen LogP contribution is -2.29. The Morgan fingerprint density at radius 1 is 0.500 bits per heavy atom. The number of thiophene rings is 2. The van der Waals surface area contributed by atoms with Crippen LogP contribution < -0.4 is 63.1 Å². The SMILES string of the molecule is C.C.C=C1N=C(c2ccc([C@H](C)NC(=O)c3cc(C(=O)NCc4ccc(F)c(Cl)c4)ncn3)cc2)NS1.Cc1cc(CNC(=O)c2cc(C(=O)N[C@@H](C)c3ccc(-c4nc(=S)s[nH]4)cc3)ncn2)ccc1F.Cc1ccc([C@H](C)NC(=O)c2cc(C(=O)NCc3ccc4c(c3)NC(=O)CO4)ncn2)s1.Cc1ccc([C@H](C)NC(=O)c2cc(C(=O)NCc3ccc4oc(=O)n(C)c4c3)ncn2)s1. The summed E-state index contributed by atoms with van der Waals surface area (Å²) in [5, 5.41) is 25.8. The average Bonchev–Trinajstić information content (AvgIpc) is 1.65. The van der Waals surface area contributed by atoms with E-state index in [0.717, 1.165) is 70.6 Å². The van der Waals surface area contributed by atoms with E-state index in [1.54, 1.807) is 85.2 Å². The number of aliphatic imine (C=N–C) groups is 1. The molecule has 34 nitrogen and oxygen atoms in total. The Hall–Kier alpha value is -15.2. The first kappa shape index (κ1) is 101. The number of aromatic nitrogens is 11. The fourth-order valence-corrected chi connectivity index (χ4v) is 16.1. The minimum absolute atomic E-state index is 0. The molecule has 700 valence electrons. The topological polar surface area (TPSA) is 462 Å². The summed E-state index contributed by atoms with van der Waals surface area (Å²) in [7, 11) is 1.62. The van der Waals surface area contributed by atoms with Crippen molar-refractivity contribution in [2.45, 2.75) is 114 Å². The molecule has 0 bridgehead atoms. The van der Waals surface area contributed by atoms with Crippen molar-refractivity contribution >= 4 is 146 Å². The lowest BCUT2D eigenvalue weighted by Gasteiger charge is -2.18. The van der Waals surface area contributed by atoms with Gasteiger partial charge in [0.05, 0.1) is 40.4 Å². The first-order chi connectivity index (χ1) is 64.3. The van der Waals surface area contributed by atoms with Crippen LogP contribution in [0.2, 0.25) is 5.02 Å². The van der Waals surface area contributed by atoms with Crippen LogP contribution in [-0.2, 0) is 38.0 Å². The Labute approximate surface area is 804 Å². The van der Waals surface area contributed by atoms with Crippen molar-refractivity contribution in [1.82, 2.24) is 101 Å². The molecule has 11 N–H and O–H groups in total. The van der Waals surface area contributed by atoms with E-state index in [0.29, 0.717) is 48.5 Å². The van der Waals surface area contributed by atoms with E-state index in [1.165, 1.54) is 95.6 Å². The molecule has 9 amide bonds. The van der Waals surface area contributed by atoms with Crippen LogP contribution in [0, 0.1) is 36.4 Å². The predicted molar refractivity (Wildman–Crippen MR) is 518 cm³/mol. The van der Waals surface area contributed by atoms with Gasteiger partial charge in [0.2, 0.25) is 0 Å². The number of amidine groups is 1. The summed E-state index contributed by atoms with van der Waals surface area (Å²) in [6, 6.07) is 46.8. The molecule has 2 aliphatic heterocycles. The van der Waals surface area contributed by atoms with Gasteiger partial charge < -0.3 is 61.7 Å². The molecule has 0 unspecified atom stereocenters. The third-order valence-electron chi connectivity index (χ3n) is 20.2. The van der Waals surface area contributed by atoms with Gasteiger partial charge in [0.15, 0.2) is 16.1 Å². The van der Waals surface area contributed by atoms with Gasteiger partial charge in [0, 0.05) is 100 Å². The molecule has 0 fully saturated rings. The maximum absolute atomic E-state index is 13.4. The zero-order valence-corrected chi connectivity index (χ0v) is 77.4. The van der Waals surface area contributed by atoms with Crippen molar-refractivity contribution in [3.63, 3.8) is 0 Å². The Kier molecular flexibility index (Phi) is 35.0. The number of carbonyl (C=O) groups is 9. The highest BCUT2D eigenvalue weighted by molar-refractivity contribution is 8.02. The standard InChI is InChI=1S/C24H20ClFN6O2S.C24H21FN6O2S2.2C22H21N5O4S.2CH4/c1-13(16-4-6-17(7-5-16)22-31-14(2)35-32-22)30-24(34)21-10-20(28-12-29-21)23(33)27-11-15-3-8-19(26)18(25)9-15;1-13-9-15(3-8-18(13)25)11-26-22(32)19-10-20(28-12-27-19)23(33)29-14(2)16-4-6-17(7-5-16)21-30-24(34)35-31-21;1-12-4-7-19(32-12)13(2)26-21(29)16-9-15(24-11-25-16)20(28)23-10-14-5-6-18-17(8-14)27(3)22(30)31-18;1-12-3-6-19(32-12)13(2)26-22(30)17-8-16(24-11-25-17)21(29)23-9-14-4-5-18-15(7-14)27-20(28)10-31-18;;/h3-10,12-13H,2,11H2,1H3,(H,27,33)(H,30,34)(H,31,32);3-10,12,14H,11H2,1-2H3,(H,26,32)(H,29,33)(H,30,31,34);4-9,11,13H,10H2,1-3H3,(H,23,28)(H,26,29);3-8,11,13H,9-10H2,1-2H3,(H,23,29)(H,26,30)(H,27,28);2*1H4/t13-;14-;2*13-;;/m0000../s1. The number of nitrogens with zero attached hydrogens (tertiary/aromatic N) is 11. The maximum Gasteiger partial charge on any atom is 0.419 e. The molecule has 14 aromatic rings. The monoisotopic (exact) mass is 1950 g/mol. The summed E-state index contributed by atoms with van der Waals surface area (Å²) in [6.07, 6.45) is 4.70. The lowest BCUT2D eigenvalue weighted by atomic mass is 10.1. The molecule has 136 heavy (non-hydrogen) atoms. The number of hydrogen-bond acceptors (Lipinski definition) is 28. The number of rotatable bonds is 26. The zero-order valence-electron chi connectivity index (χ0n) is 72.5. The van der Waals surface area contributed by atoms with Crippen molar-refractivity contribution < 1.29 is 61.1 Å². The molecule has 4 atom stereocenters. The minimum Gasteiger partial charge on any atom is -0.482 e. The number of nitrogens with one attached hydrogen (secondary N) is 11.